The van der Waals surface area contributed by atoms with Crippen molar-refractivity contribution in [2.24, 2.45) is 0 Å². The minimum absolute atomic E-state index is 0.0594. The smallest absolute Gasteiger partial charge is 0.314 e. The Labute approximate surface area is 268 Å². The summed E-state index contributed by atoms with van der Waals surface area (Å²) < 4.78 is 52.1. The number of pyridine rings is 1. The molecule has 14 heteroatoms. The first-order valence-corrected chi connectivity index (χ1v) is 15.3. The van der Waals surface area contributed by atoms with Crippen molar-refractivity contribution in [3.05, 3.63) is 83.9 Å². The number of benzene rings is 2. The average molecular weight is 647 g/mol. The largest absolute Gasteiger partial charge is 0.415 e. The van der Waals surface area contributed by atoms with Gasteiger partial charge in [-0.3, -0.25) is 14.7 Å². The number of ether oxygens (including phenoxy) is 1. The Bertz CT molecular complexity index is 1850. The van der Waals surface area contributed by atoms with Gasteiger partial charge in [-0.2, -0.15) is 8.78 Å². The molecule has 2 aromatic carbocycles. The lowest BCUT2D eigenvalue weighted by atomic mass is 10.1. The molecule has 1 N–H and O–H groups in total. The van der Waals surface area contributed by atoms with Crippen LogP contribution < -0.4 is 14.7 Å². The van der Waals surface area contributed by atoms with Crippen molar-refractivity contribution in [3.8, 4) is 11.5 Å². The van der Waals surface area contributed by atoms with E-state index in [0.717, 1.165) is 31.6 Å². The van der Waals surface area contributed by atoms with Crippen LogP contribution in [-0.4, -0.2) is 84.0 Å². The van der Waals surface area contributed by atoms with Gasteiger partial charge < -0.3 is 28.8 Å². The molecule has 3 aromatic heterocycles. The minimum atomic E-state index is -2.86. The summed E-state index contributed by atoms with van der Waals surface area (Å²) in [4.78, 5) is 27.9. The van der Waals surface area contributed by atoms with Crippen molar-refractivity contribution in [1.82, 2.24) is 25.1 Å². The van der Waals surface area contributed by atoms with E-state index in [1.165, 1.54) is 23.2 Å². The van der Waals surface area contributed by atoms with Gasteiger partial charge in [0.15, 0.2) is 0 Å². The van der Waals surface area contributed by atoms with Crippen LogP contribution >= 0.6 is 0 Å². The lowest BCUT2D eigenvalue weighted by Crippen LogP contribution is -2.49. The number of amides is 1. The van der Waals surface area contributed by atoms with Crippen LogP contribution in [0.5, 0.6) is 0 Å². The van der Waals surface area contributed by atoms with E-state index in [1.807, 2.05) is 16.0 Å². The summed E-state index contributed by atoms with van der Waals surface area (Å²) in [6.07, 6.45) is 1.31. The summed E-state index contributed by atoms with van der Waals surface area (Å²) in [5, 5.41) is 8.22. The number of nitrogens with zero attached hydrogens (tertiary/aromatic N) is 7. The number of piperazine rings is 1. The van der Waals surface area contributed by atoms with Crippen molar-refractivity contribution in [2.45, 2.75) is 25.6 Å². The van der Waals surface area contributed by atoms with Crippen molar-refractivity contribution >= 4 is 34.4 Å². The highest BCUT2D eigenvalue weighted by molar-refractivity contribution is 5.87. The Balaban J connectivity index is 1.09. The van der Waals surface area contributed by atoms with Crippen LogP contribution in [0.15, 0.2) is 65.3 Å². The number of hydrogen-bond donors (Lipinski definition) is 1. The second-order valence-electron chi connectivity index (χ2n) is 11.8. The first-order chi connectivity index (χ1) is 22.9. The Morgan fingerprint density at radius 1 is 1.06 bits per heavy atom. The fourth-order valence-electron chi connectivity index (χ4n) is 6.11. The van der Waals surface area contributed by atoms with E-state index in [0.29, 0.717) is 54.6 Å². The molecule has 0 radical (unpaired) electrons. The molecule has 2 saturated heterocycles. The van der Waals surface area contributed by atoms with Crippen LogP contribution in [0.25, 0.3) is 22.4 Å². The van der Waals surface area contributed by atoms with Crippen LogP contribution in [0.1, 0.15) is 23.6 Å². The number of H-pyrrole nitrogens is 1. The summed E-state index contributed by atoms with van der Waals surface area (Å²) in [7, 11) is 1.80. The van der Waals surface area contributed by atoms with Gasteiger partial charge in [0.25, 0.3) is 5.89 Å². The number of fused-ring (bicyclic) bond motifs is 1. The standard InChI is InChI=1S/C33H33F3N8O3/c1-41(17-23-6-5-21(15-38-23)32-39-40-33(47-32)31(35)36)29-13-26(34)28(14-30(29)44(20-45)24-18-46-19-24)43-11-9-42(10-12-43)16-22-3-2-4-27-25(22)7-8-37-27/h2-8,13-15,20,24,31,37H,9-12,16-19H2,1H3. The summed E-state index contributed by atoms with van der Waals surface area (Å²) in [6.45, 7) is 4.68. The van der Waals surface area contributed by atoms with Gasteiger partial charge in [-0.25, -0.2) is 4.39 Å². The van der Waals surface area contributed by atoms with E-state index in [9.17, 15) is 13.6 Å². The Morgan fingerprint density at radius 2 is 1.89 bits per heavy atom. The molecular formula is C33H33F3N8O3. The molecule has 0 saturated carbocycles. The van der Waals surface area contributed by atoms with Gasteiger partial charge in [0, 0.05) is 69.1 Å². The number of alkyl halides is 2. The summed E-state index contributed by atoms with van der Waals surface area (Å²) >= 11 is 0. The molecule has 5 heterocycles. The van der Waals surface area contributed by atoms with Crippen molar-refractivity contribution in [3.63, 3.8) is 0 Å². The van der Waals surface area contributed by atoms with E-state index < -0.39 is 12.3 Å². The van der Waals surface area contributed by atoms with Gasteiger partial charge >= 0.3 is 6.43 Å². The van der Waals surface area contributed by atoms with Gasteiger partial charge in [0.2, 0.25) is 12.3 Å². The second-order valence-corrected chi connectivity index (χ2v) is 11.8. The number of aromatic nitrogens is 4. The zero-order chi connectivity index (χ0) is 32.5. The molecule has 0 aliphatic carbocycles. The number of rotatable bonds is 11. The monoisotopic (exact) mass is 646 g/mol. The van der Waals surface area contributed by atoms with Crippen molar-refractivity contribution < 1.29 is 27.1 Å². The summed E-state index contributed by atoms with van der Waals surface area (Å²) in [5.41, 5.74) is 4.93. The predicted molar refractivity (Wildman–Crippen MR) is 170 cm³/mol. The SMILES string of the molecule is CN(Cc1ccc(-c2nnc(C(F)F)o2)cn1)c1cc(F)c(N2CCN(Cc3cccc4[nH]ccc34)CC2)cc1N(C=O)C1COC1. The molecule has 0 unspecified atom stereocenters. The Morgan fingerprint density at radius 3 is 2.57 bits per heavy atom. The zero-order valence-electron chi connectivity index (χ0n) is 25.7. The molecule has 244 valence electrons. The molecule has 11 nitrogen and oxygen atoms in total. The molecule has 0 spiro atoms. The third-order valence-electron chi connectivity index (χ3n) is 8.75. The van der Waals surface area contributed by atoms with Crippen LogP contribution in [0.2, 0.25) is 0 Å². The van der Waals surface area contributed by atoms with E-state index in [-0.39, 0.29) is 24.3 Å². The van der Waals surface area contributed by atoms with E-state index in [2.05, 4.69) is 49.3 Å². The number of anilines is 3. The summed E-state index contributed by atoms with van der Waals surface area (Å²) in [6, 6.07) is 14.8. The number of carbonyl (C=O) groups excluding carboxylic acids is 1. The minimum Gasteiger partial charge on any atom is -0.415 e. The van der Waals surface area contributed by atoms with Crippen LogP contribution in [0.4, 0.5) is 30.2 Å². The van der Waals surface area contributed by atoms with E-state index in [1.54, 1.807) is 30.1 Å². The van der Waals surface area contributed by atoms with E-state index >= 15 is 4.39 Å². The normalized spacial score (nSPS) is 15.7. The molecule has 7 rings (SSSR count). The topological polar surface area (TPSA) is 107 Å². The van der Waals surface area contributed by atoms with Crippen LogP contribution in [0, 0.1) is 5.82 Å². The Hall–Kier alpha value is -4.95. The first-order valence-electron chi connectivity index (χ1n) is 15.3. The fourth-order valence-corrected chi connectivity index (χ4v) is 6.11. The lowest BCUT2D eigenvalue weighted by Gasteiger charge is -2.39. The van der Waals surface area contributed by atoms with Crippen molar-refractivity contribution in [1.29, 1.82) is 0 Å². The maximum atomic E-state index is 16.0. The maximum absolute atomic E-state index is 16.0. The third kappa shape index (κ3) is 6.25. The predicted octanol–water partition coefficient (Wildman–Crippen LogP) is 5.01. The maximum Gasteiger partial charge on any atom is 0.314 e. The number of aromatic amines is 1. The summed E-state index contributed by atoms with van der Waals surface area (Å²) in [5.74, 6) is -1.20. The lowest BCUT2D eigenvalue weighted by molar-refractivity contribution is -0.110. The fraction of sp³-hybridized carbons (Fsp3) is 0.333. The van der Waals surface area contributed by atoms with Crippen molar-refractivity contribution in [2.75, 3.05) is 61.1 Å². The molecule has 47 heavy (non-hydrogen) atoms. The zero-order valence-corrected chi connectivity index (χ0v) is 25.7. The first kappa shape index (κ1) is 30.7. The van der Waals surface area contributed by atoms with Gasteiger partial charge in [0.05, 0.1) is 54.1 Å². The van der Waals surface area contributed by atoms with Crippen LogP contribution in [0.3, 0.4) is 0 Å². The number of halogens is 3. The van der Waals surface area contributed by atoms with Gasteiger partial charge in [-0.15, -0.1) is 10.2 Å². The highest BCUT2D eigenvalue weighted by atomic mass is 19.3. The van der Waals surface area contributed by atoms with Crippen LogP contribution in [-0.2, 0) is 22.6 Å². The number of nitrogens with one attached hydrogen (secondary N) is 1. The molecule has 5 aromatic rings. The molecule has 1 amide bonds. The highest BCUT2D eigenvalue weighted by Crippen LogP contribution is 2.38. The van der Waals surface area contributed by atoms with Gasteiger partial charge in [0.1, 0.15) is 5.82 Å². The average Bonchev–Trinajstić information content (AvgIpc) is 3.75. The quantitative estimate of drug-likeness (QED) is 0.198. The third-order valence-corrected chi connectivity index (χ3v) is 8.75. The molecule has 2 aliphatic heterocycles. The van der Waals surface area contributed by atoms with E-state index in [4.69, 9.17) is 9.15 Å². The molecule has 0 bridgehead atoms. The Kier molecular flexibility index (Phi) is 8.52. The molecule has 0 atom stereocenters. The molecule has 2 fully saturated rings. The van der Waals surface area contributed by atoms with Gasteiger partial charge in [-0.05, 0) is 35.9 Å². The molecular weight excluding hydrogens is 613 g/mol. The molecule has 2 aliphatic rings. The van der Waals surface area contributed by atoms with Gasteiger partial charge in [-0.1, -0.05) is 12.1 Å². The highest BCUT2D eigenvalue weighted by Gasteiger charge is 2.31. The number of hydrogen-bond acceptors (Lipinski definition) is 9. The number of carbonyl (C=O) groups is 1. The second kappa shape index (κ2) is 13.0.